The first-order chi connectivity index (χ1) is 12.4. The van der Waals surface area contributed by atoms with Crippen LogP contribution in [0.1, 0.15) is 30.1 Å². The molecule has 2 saturated heterocycles. The van der Waals surface area contributed by atoms with Gasteiger partial charge in [0.1, 0.15) is 0 Å². The van der Waals surface area contributed by atoms with Gasteiger partial charge in [0.15, 0.2) is 0 Å². The number of carbonyl (C=O) groups excluding carboxylic acids is 1. The number of amides is 1. The van der Waals surface area contributed by atoms with Crippen molar-refractivity contribution in [2.45, 2.75) is 30.7 Å². The van der Waals surface area contributed by atoms with Gasteiger partial charge in [0.05, 0.1) is 18.1 Å². The van der Waals surface area contributed by atoms with Gasteiger partial charge in [-0.25, -0.2) is 8.42 Å². The van der Waals surface area contributed by atoms with Crippen molar-refractivity contribution < 1.29 is 17.9 Å². The molecule has 2 unspecified atom stereocenters. The van der Waals surface area contributed by atoms with Crippen molar-refractivity contribution in [1.29, 1.82) is 0 Å². The van der Waals surface area contributed by atoms with E-state index in [1.807, 2.05) is 0 Å². The Kier molecular flexibility index (Phi) is 7.64. The topological polar surface area (TPSA) is 92.9 Å². The zero-order chi connectivity index (χ0) is 18.7. The molecule has 1 amide bonds. The van der Waals surface area contributed by atoms with Gasteiger partial charge in [0.25, 0.3) is 5.91 Å². The first-order valence-corrected chi connectivity index (χ1v) is 10.6. The number of hydrogen-bond donors (Lipinski definition) is 1. The Morgan fingerprint density at radius 3 is 2.63 bits per heavy atom. The molecule has 152 valence electrons. The number of sulfonamides is 1. The van der Waals surface area contributed by atoms with E-state index in [4.69, 9.17) is 10.5 Å². The number of hydrogen-bond acceptors (Lipinski definition) is 5. The number of benzene rings is 1. The highest BCUT2D eigenvalue weighted by Crippen LogP contribution is 2.25. The molecule has 3 rings (SSSR count). The maximum atomic E-state index is 13.0. The molecule has 7 nitrogen and oxygen atoms in total. The molecule has 0 aromatic heterocycles. The van der Waals surface area contributed by atoms with Gasteiger partial charge in [-0.2, -0.15) is 4.31 Å². The number of piperidine rings is 1. The molecule has 2 N–H and O–H groups in total. The van der Waals surface area contributed by atoms with Gasteiger partial charge in [-0.05, 0) is 37.0 Å². The molecular weight excluding hydrogens is 390 g/mol. The fourth-order valence-corrected chi connectivity index (χ4v) is 5.09. The van der Waals surface area contributed by atoms with Gasteiger partial charge in [-0.3, -0.25) is 4.79 Å². The van der Waals surface area contributed by atoms with Gasteiger partial charge in [-0.1, -0.05) is 13.0 Å². The monoisotopic (exact) mass is 417 g/mol. The van der Waals surface area contributed by atoms with Gasteiger partial charge < -0.3 is 15.4 Å². The maximum Gasteiger partial charge on any atom is 0.254 e. The van der Waals surface area contributed by atoms with E-state index in [2.05, 4.69) is 6.92 Å². The summed E-state index contributed by atoms with van der Waals surface area (Å²) in [4.78, 5) is 14.9. The second-order valence-electron chi connectivity index (χ2n) is 7.06. The second kappa shape index (κ2) is 9.34. The molecule has 2 fully saturated rings. The number of ether oxygens (including phenoxy) is 1. The zero-order valence-electron chi connectivity index (χ0n) is 15.5. The van der Waals surface area contributed by atoms with Gasteiger partial charge in [-0.15, -0.1) is 12.4 Å². The third-order valence-corrected chi connectivity index (χ3v) is 7.09. The first-order valence-electron chi connectivity index (χ1n) is 9.12. The van der Waals surface area contributed by atoms with Crippen molar-refractivity contribution in [2.24, 2.45) is 11.7 Å². The van der Waals surface area contributed by atoms with Crippen LogP contribution >= 0.6 is 12.4 Å². The molecule has 0 aliphatic carbocycles. The van der Waals surface area contributed by atoms with Crippen LogP contribution in [0.5, 0.6) is 0 Å². The molecular formula is C18H28ClN3O4S. The minimum absolute atomic E-state index is 0. The lowest BCUT2D eigenvalue weighted by Crippen LogP contribution is -2.49. The SMILES string of the molecule is CC1CCN(C(=O)c2cccc(S(=O)(=O)N3CCOCC3)c2)C(CN)C1.Cl. The molecule has 0 spiro atoms. The van der Waals surface area contributed by atoms with Crippen LogP contribution in [-0.4, -0.2) is 69.0 Å². The highest BCUT2D eigenvalue weighted by molar-refractivity contribution is 7.89. The third-order valence-electron chi connectivity index (χ3n) is 5.20. The van der Waals surface area contributed by atoms with E-state index in [9.17, 15) is 13.2 Å². The lowest BCUT2D eigenvalue weighted by molar-refractivity contribution is 0.0573. The first kappa shape index (κ1) is 22.1. The Morgan fingerprint density at radius 2 is 1.96 bits per heavy atom. The Morgan fingerprint density at radius 1 is 1.26 bits per heavy atom. The summed E-state index contributed by atoms with van der Waals surface area (Å²) in [5.41, 5.74) is 6.26. The second-order valence-corrected chi connectivity index (χ2v) is 9.00. The molecule has 2 atom stereocenters. The Hall–Kier alpha value is -1.19. The molecule has 2 heterocycles. The molecule has 1 aromatic rings. The Labute approximate surface area is 167 Å². The summed E-state index contributed by atoms with van der Waals surface area (Å²) >= 11 is 0. The Bertz CT molecular complexity index is 753. The van der Waals surface area contributed by atoms with Crippen LogP contribution in [0.4, 0.5) is 0 Å². The average molecular weight is 418 g/mol. The predicted molar refractivity (Wildman–Crippen MR) is 106 cm³/mol. The van der Waals surface area contributed by atoms with Crippen molar-refractivity contribution in [3.05, 3.63) is 29.8 Å². The lowest BCUT2D eigenvalue weighted by atomic mass is 9.92. The van der Waals surface area contributed by atoms with Crippen LogP contribution in [0.2, 0.25) is 0 Å². The van der Waals surface area contributed by atoms with E-state index < -0.39 is 10.0 Å². The summed E-state index contributed by atoms with van der Waals surface area (Å²) in [6, 6.07) is 6.33. The van der Waals surface area contributed by atoms with E-state index in [1.54, 1.807) is 23.1 Å². The number of nitrogens with zero attached hydrogens (tertiary/aromatic N) is 2. The molecule has 2 aliphatic heterocycles. The van der Waals surface area contributed by atoms with Crippen LogP contribution in [-0.2, 0) is 14.8 Å². The fraction of sp³-hybridized carbons (Fsp3) is 0.611. The van der Waals surface area contributed by atoms with Crippen molar-refractivity contribution in [1.82, 2.24) is 9.21 Å². The largest absolute Gasteiger partial charge is 0.379 e. The molecule has 9 heteroatoms. The van der Waals surface area contributed by atoms with Crippen molar-refractivity contribution in [3.63, 3.8) is 0 Å². The normalized spacial score (nSPS) is 24.3. The summed E-state index contributed by atoms with van der Waals surface area (Å²) in [7, 11) is -3.62. The predicted octanol–water partition coefficient (Wildman–Crippen LogP) is 1.33. The summed E-state index contributed by atoms with van der Waals surface area (Å²) < 4.78 is 32.3. The number of halogens is 1. The van der Waals surface area contributed by atoms with Gasteiger partial charge in [0.2, 0.25) is 10.0 Å². The van der Waals surface area contributed by atoms with Crippen LogP contribution in [0.15, 0.2) is 29.2 Å². The van der Waals surface area contributed by atoms with Gasteiger partial charge >= 0.3 is 0 Å². The van der Waals surface area contributed by atoms with Crippen LogP contribution in [0.25, 0.3) is 0 Å². The summed E-state index contributed by atoms with van der Waals surface area (Å²) in [6.07, 6.45) is 1.82. The molecule has 0 bridgehead atoms. The zero-order valence-corrected chi connectivity index (χ0v) is 17.2. The standard InChI is InChI=1S/C18H27N3O4S.ClH/c1-14-5-6-21(16(11-14)13-19)18(22)15-3-2-4-17(12-15)26(23,24)20-7-9-25-10-8-20;/h2-4,12,14,16H,5-11,13,19H2,1H3;1H. The number of carbonyl (C=O) groups is 1. The van der Waals surface area contributed by atoms with Crippen molar-refractivity contribution in [2.75, 3.05) is 39.4 Å². The van der Waals surface area contributed by atoms with E-state index in [0.29, 0.717) is 50.9 Å². The molecule has 2 aliphatic rings. The minimum Gasteiger partial charge on any atom is -0.379 e. The minimum atomic E-state index is -3.62. The van der Waals surface area contributed by atoms with Crippen LogP contribution < -0.4 is 5.73 Å². The number of nitrogens with two attached hydrogens (primary N) is 1. The molecule has 0 radical (unpaired) electrons. The summed E-state index contributed by atoms with van der Waals surface area (Å²) in [5.74, 6) is 0.395. The average Bonchev–Trinajstić information content (AvgIpc) is 2.68. The van der Waals surface area contributed by atoms with Crippen LogP contribution in [0, 0.1) is 5.92 Å². The molecule has 1 aromatic carbocycles. The lowest BCUT2D eigenvalue weighted by Gasteiger charge is -2.38. The van der Waals surface area contributed by atoms with E-state index in [1.165, 1.54) is 10.4 Å². The number of likely N-dealkylation sites (tertiary alicyclic amines) is 1. The summed E-state index contributed by atoms with van der Waals surface area (Å²) in [6.45, 7) is 4.69. The van der Waals surface area contributed by atoms with Crippen molar-refractivity contribution in [3.8, 4) is 0 Å². The van der Waals surface area contributed by atoms with Gasteiger partial charge in [0, 0.05) is 37.8 Å². The molecule has 0 saturated carbocycles. The highest BCUT2D eigenvalue weighted by Gasteiger charge is 2.31. The third kappa shape index (κ3) is 4.81. The van der Waals surface area contributed by atoms with Crippen molar-refractivity contribution >= 4 is 28.3 Å². The maximum absolute atomic E-state index is 13.0. The highest BCUT2D eigenvalue weighted by atomic mass is 35.5. The quantitative estimate of drug-likeness (QED) is 0.797. The van der Waals surface area contributed by atoms with E-state index in [-0.39, 0.29) is 29.3 Å². The summed E-state index contributed by atoms with van der Waals surface area (Å²) in [5, 5.41) is 0. The van der Waals surface area contributed by atoms with Crippen LogP contribution in [0.3, 0.4) is 0 Å². The Balaban J connectivity index is 0.00000261. The van der Waals surface area contributed by atoms with E-state index >= 15 is 0 Å². The smallest absolute Gasteiger partial charge is 0.254 e. The number of morpholine rings is 1. The molecule has 27 heavy (non-hydrogen) atoms. The van der Waals surface area contributed by atoms with E-state index in [0.717, 1.165) is 12.8 Å². The fourth-order valence-electron chi connectivity index (χ4n) is 3.63. The number of rotatable bonds is 4.